The molecule has 5 rings (SSSR count). The van der Waals surface area contributed by atoms with Gasteiger partial charge in [0.1, 0.15) is 17.2 Å². The number of benzene rings is 2. The maximum Gasteiger partial charge on any atom is 0.341 e. The number of pyridine rings is 2. The number of carboxylic acids is 1. The van der Waals surface area contributed by atoms with Crippen molar-refractivity contribution in [3.8, 4) is 0 Å². The first-order valence-electron chi connectivity index (χ1n) is 11.3. The van der Waals surface area contributed by atoms with E-state index in [1.165, 1.54) is 36.7 Å². The molecule has 0 unspecified atom stereocenters. The topological polar surface area (TPSA) is 95.7 Å². The van der Waals surface area contributed by atoms with Gasteiger partial charge in [-0.1, -0.05) is 12.1 Å². The molecular weight excluding hydrogens is 456 g/mol. The van der Waals surface area contributed by atoms with Crippen molar-refractivity contribution in [3.63, 3.8) is 0 Å². The van der Waals surface area contributed by atoms with Crippen LogP contribution in [0, 0.1) is 11.6 Å². The third kappa shape index (κ3) is 3.81. The number of fused-ring (bicyclic) bond motifs is 3. The number of aromatic nitrogens is 2. The molecule has 3 heterocycles. The summed E-state index contributed by atoms with van der Waals surface area (Å²) in [6.45, 7) is 2.90. The summed E-state index contributed by atoms with van der Waals surface area (Å²) in [7, 11) is 0. The number of piperidine rings is 1. The lowest BCUT2D eigenvalue weighted by atomic mass is 9.84. The highest BCUT2D eigenvalue weighted by Gasteiger charge is 2.35. The monoisotopic (exact) mass is 479 g/mol. The summed E-state index contributed by atoms with van der Waals surface area (Å²) in [5, 5.41) is 21.2. The van der Waals surface area contributed by atoms with E-state index in [2.05, 4.69) is 4.98 Å². The Kier molecular flexibility index (Phi) is 5.52. The number of aliphatic hydroxyl groups is 1. The van der Waals surface area contributed by atoms with Gasteiger partial charge in [-0.25, -0.2) is 13.6 Å². The standard InChI is InChI=1S/C26H23F2N3O4/c1-2-30-14-18(25(33)34)24(32)23-17-11-21(19(28)12-20(17)29-13-22(23)30)31-9-7-26(35,8-10-31)15-3-5-16(27)6-4-15/h3-6,11-14,35H,2,7-10H2,1H3,(H,33,34). The summed E-state index contributed by atoms with van der Waals surface area (Å²) in [4.78, 5) is 30.9. The number of halogens is 2. The van der Waals surface area contributed by atoms with Crippen LogP contribution >= 0.6 is 0 Å². The number of hydrogen-bond donors (Lipinski definition) is 2. The highest BCUT2D eigenvalue weighted by atomic mass is 19.1. The zero-order valence-electron chi connectivity index (χ0n) is 19.0. The molecule has 1 aliphatic heterocycles. The third-order valence-electron chi connectivity index (χ3n) is 6.87. The fourth-order valence-electron chi connectivity index (χ4n) is 4.89. The maximum atomic E-state index is 15.2. The Bertz CT molecular complexity index is 1520. The quantitative estimate of drug-likeness (QED) is 0.429. The highest BCUT2D eigenvalue weighted by molar-refractivity contribution is 6.07. The molecule has 0 spiro atoms. The van der Waals surface area contributed by atoms with Crippen LogP contribution in [0.5, 0.6) is 0 Å². The van der Waals surface area contributed by atoms with E-state index in [4.69, 9.17) is 0 Å². The molecule has 180 valence electrons. The van der Waals surface area contributed by atoms with E-state index < -0.39 is 22.8 Å². The number of aryl methyl sites for hydroxylation is 1. The number of aromatic carboxylic acids is 1. The van der Waals surface area contributed by atoms with E-state index >= 15 is 4.39 Å². The van der Waals surface area contributed by atoms with E-state index in [0.29, 0.717) is 48.9 Å². The first kappa shape index (κ1) is 22.9. The van der Waals surface area contributed by atoms with Gasteiger partial charge in [0, 0.05) is 37.3 Å². The van der Waals surface area contributed by atoms with Crippen LogP contribution < -0.4 is 10.3 Å². The van der Waals surface area contributed by atoms with Gasteiger partial charge >= 0.3 is 5.97 Å². The van der Waals surface area contributed by atoms with Crippen LogP contribution in [0.15, 0.2) is 53.6 Å². The minimum absolute atomic E-state index is 0.179. The number of carbonyl (C=O) groups is 1. The summed E-state index contributed by atoms with van der Waals surface area (Å²) < 4.78 is 30.1. The molecule has 0 bridgehead atoms. The van der Waals surface area contributed by atoms with E-state index in [1.54, 1.807) is 21.6 Å². The number of hydrogen-bond acceptors (Lipinski definition) is 5. The predicted octanol–water partition coefficient (Wildman–Crippen LogP) is 4.03. The minimum atomic E-state index is -1.33. The minimum Gasteiger partial charge on any atom is -0.477 e. The van der Waals surface area contributed by atoms with Crippen molar-refractivity contribution in [2.75, 3.05) is 18.0 Å². The summed E-state index contributed by atoms with van der Waals surface area (Å²) in [6.07, 6.45) is 3.36. The van der Waals surface area contributed by atoms with Crippen LogP contribution in [0.1, 0.15) is 35.7 Å². The molecule has 1 saturated heterocycles. The first-order chi connectivity index (χ1) is 16.7. The molecule has 1 aliphatic rings. The van der Waals surface area contributed by atoms with E-state index in [1.807, 2.05) is 6.92 Å². The molecule has 0 atom stereocenters. The van der Waals surface area contributed by atoms with Crippen LogP contribution in [-0.4, -0.2) is 38.8 Å². The third-order valence-corrected chi connectivity index (χ3v) is 6.87. The second-order valence-corrected chi connectivity index (χ2v) is 8.83. The van der Waals surface area contributed by atoms with Gasteiger partial charge in [0.15, 0.2) is 0 Å². The SMILES string of the molecule is CCn1cc(C(=O)O)c(=O)c2c3cc(N4CCC(O)(c5ccc(F)cc5)CC4)c(F)cc3ncc21. The molecule has 0 aliphatic carbocycles. The van der Waals surface area contributed by atoms with Crippen LogP contribution in [0.4, 0.5) is 14.5 Å². The van der Waals surface area contributed by atoms with Gasteiger partial charge in [-0.2, -0.15) is 0 Å². The van der Waals surface area contributed by atoms with Crippen LogP contribution in [0.2, 0.25) is 0 Å². The van der Waals surface area contributed by atoms with Crippen molar-refractivity contribution >= 4 is 33.5 Å². The normalized spacial score (nSPS) is 15.6. The molecule has 4 aromatic rings. The lowest BCUT2D eigenvalue weighted by molar-refractivity contribution is 0.0116. The molecule has 9 heteroatoms. The molecule has 0 amide bonds. The fraction of sp³-hybridized carbons (Fsp3) is 0.269. The van der Waals surface area contributed by atoms with Gasteiger partial charge in [0.05, 0.1) is 33.9 Å². The molecule has 0 saturated carbocycles. The Labute approximate surface area is 198 Å². The van der Waals surface area contributed by atoms with Crippen molar-refractivity contribution in [1.82, 2.24) is 9.55 Å². The largest absolute Gasteiger partial charge is 0.477 e. The zero-order valence-corrected chi connectivity index (χ0v) is 19.0. The second kappa shape index (κ2) is 8.42. The average molecular weight is 479 g/mol. The summed E-state index contributed by atoms with van der Waals surface area (Å²) in [6, 6.07) is 8.49. The van der Waals surface area contributed by atoms with Crippen molar-refractivity contribution in [3.05, 3.63) is 81.8 Å². The number of nitrogens with zero attached hydrogens (tertiary/aromatic N) is 3. The maximum absolute atomic E-state index is 15.2. The van der Waals surface area contributed by atoms with Crippen molar-refractivity contribution < 1.29 is 23.8 Å². The average Bonchev–Trinajstić information content (AvgIpc) is 2.84. The highest BCUT2D eigenvalue weighted by Crippen LogP contribution is 2.37. The van der Waals surface area contributed by atoms with E-state index in [0.717, 1.165) is 0 Å². The van der Waals surface area contributed by atoms with Gasteiger partial charge in [0.25, 0.3) is 0 Å². The molecule has 0 radical (unpaired) electrons. The Balaban J connectivity index is 1.59. The molecule has 2 N–H and O–H groups in total. The Hall–Kier alpha value is -3.85. The number of rotatable bonds is 4. The smallest absolute Gasteiger partial charge is 0.341 e. The Morgan fingerprint density at radius 2 is 1.83 bits per heavy atom. The summed E-state index contributed by atoms with van der Waals surface area (Å²) in [5.41, 5.74) is -0.591. The van der Waals surface area contributed by atoms with Gasteiger partial charge < -0.3 is 19.7 Å². The summed E-state index contributed by atoms with van der Waals surface area (Å²) >= 11 is 0. The molecule has 2 aromatic carbocycles. The van der Waals surface area contributed by atoms with E-state index in [-0.39, 0.29) is 28.0 Å². The lowest BCUT2D eigenvalue weighted by Crippen LogP contribution is -2.43. The van der Waals surface area contributed by atoms with Gasteiger partial charge in [-0.05, 0) is 43.5 Å². The van der Waals surface area contributed by atoms with Crippen molar-refractivity contribution in [1.29, 1.82) is 0 Å². The second-order valence-electron chi connectivity index (χ2n) is 8.83. The molecule has 7 nitrogen and oxygen atoms in total. The molecular formula is C26H23F2N3O4. The lowest BCUT2D eigenvalue weighted by Gasteiger charge is -2.39. The fourth-order valence-corrected chi connectivity index (χ4v) is 4.89. The zero-order chi connectivity index (χ0) is 24.9. The van der Waals surface area contributed by atoms with Crippen LogP contribution in [0.25, 0.3) is 21.8 Å². The van der Waals surface area contributed by atoms with Gasteiger partial charge in [-0.15, -0.1) is 0 Å². The van der Waals surface area contributed by atoms with Crippen molar-refractivity contribution in [2.45, 2.75) is 31.9 Å². The van der Waals surface area contributed by atoms with Crippen LogP contribution in [-0.2, 0) is 12.1 Å². The Morgan fingerprint density at radius 1 is 1.14 bits per heavy atom. The number of carboxylic acid groups (broad SMARTS) is 1. The summed E-state index contributed by atoms with van der Waals surface area (Å²) in [5.74, 6) is -2.24. The van der Waals surface area contributed by atoms with Crippen molar-refractivity contribution in [2.24, 2.45) is 0 Å². The van der Waals surface area contributed by atoms with Gasteiger partial charge in [0.2, 0.25) is 5.43 Å². The molecule has 1 fully saturated rings. The van der Waals surface area contributed by atoms with E-state index in [9.17, 15) is 24.2 Å². The molecule has 2 aromatic heterocycles. The van der Waals surface area contributed by atoms with Gasteiger partial charge in [-0.3, -0.25) is 9.78 Å². The number of anilines is 1. The first-order valence-corrected chi connectivity index (χ1v) is 11.3. The molecule has 35 heavy (non-hydrogen) atoms. The van der Waals surface area contributed by atoms with Crippen LogP contribution in [0.3, 0.4) is 0 Å². The Morgan fingerprint density at radius 3 is 2.46 bits per heavy atom. The predicted molar refractivity (Wildman–Crippen MR) is 128 cm³/mol.